The normalized spacial score (nSPS) is 24.7. The maximum absolute atomic E-state index is 12.9. The molecule has 2 fully saturated rings. The van der Waals surface area contributed by atoms with Gasteiger partial charge in [0.2, 0.25) is 15.9 Å². The van der Waals surface area contributed by atoms with E-state index in [4.69, 9.17) is 0 Å². The summed E-state index contributed by atoms with van der Waals surface area (Å²) in [5, 5.41) is 6.49. The number of carbonyl (C=O) groups excluding carboxylic acids is 1. The molecule has 6 nitrogen and oxygen atoms in total. The van der Waals surface area contributed by atoms with Crippen molar-refractivity contribution in [3.8, 4) is 0 Å². The Morgan fingerprint density at radius 1 is 1.29 bits per heavy atom. The summed E-state index contributed by atoms with van der Waals surface area (Å²) in [6.07, 6.45) is 4.40. The molecule has 1 saturated heterocycles. The van der Waals surface area contributed by atoms with Crippen LogP contribution in [0.3, 0.4) is 0 Å². The van der Waals surface area contributed by atoms with E-state index < -0.39 is 10.0 Å². The summed E-state index contributed by atoms with van der Waals surface area (Å²) in [5.74, 6) is 0.568. The smallest absolute Gasteiger partial charge is 0.243 e. The van der Waals surface area contributed by atoms with E-state index >= 15 is 0 Å². The molecule has 2 aliphatic rings. The first kappa shape index (κ1) is 23.1. The van der Waals surface area contributed by atoms with Crippen LogP contribution >= 0.6 is 12.4 Å². The Bertz CT molecular complexity index is 782. The van der Waals surface area contributed by atoms with Crippen molar-refractivity contribution in [1.29, 1.82) is 0 Å². The highest BCUT2D eigenvalue weighted by atomic mass is 35.5. The Labute approximate surface area is 174 Å². The number of fused-ring (bicyclic) bond motifs is 1. The first-order chi connectivity index (χ1) is 12.8. The summed E-state index contributed by atoms with van der Waals surface area (Å²) in [7, 11) is -1.89. The van der Waals surface area contributed by atoms with Crippen molar-refractivity contribution < 1.29 is 13.2 Å². The van der Waals surface area contributed by atoms with Gasteiger partial charge in [0.25, 0.3) is 0 Å². The van der Waals surface area contributed by atoms with Crippen molar-refractivity contribution in [3.05, 3.63) is 29.8 Å². The fraction of sp³-hybridized carbons (Fsp3) is 0.650. The second-order valence-electron chi connectivity index (χ2n) is 8.17. The molecule has 2 atom stereocenters. The molecule has 0 aromatic heterocycles. The number of benzene rings is 1. The Hall–Kier alpha value is -1.15. The Kier molecular flexibility index (Phi) is 7.53. The predicted molar refractivity (Wildman–Crippen MR) is 113 cm³/mol. The van der Waals surface area contributed by atoms with Crippen LogP contribution in [0.1, 0.15) is 45.1 Å². The number of carbonyl (C=O) groups is 1. The number of hydrogen-bond donors (Lipinski definition) is 2. The van der Waals surface area contributed by atoms with Crippen molar-refractivity contribution in [1.82, 2.24) is 14.9 Å². The Morgan fingerprint density at radius 3 is 2.61 bits per heavy atom. The molecule has 0 spiro atoms. The minimum atomic E-state index is -3.48. The summed E-state index contributed by atoms with van der Waals surface area (Å²) in [6.45, 7) is 5.81. The summed E-state index contributed by atoms with van der Waals surface area (Å²) < 4.78 is 26.4. The van der Waals surface area contributed by atoms with E-state index in [0.29, 0.717) is 12.5 Å². The number of halogens is 1. The minimum absolute atomic E-state index is 0. The van der Waals surface area contributed by atoms with Gasteiger partial charge >= 0.3 is 0 Å². The van der Waals surface area contributed by atoms with Crippen LogP contribution in [0.4, 0.5) is 0 Å². The Balaban J connectivity index is 0.00000280. The van der Waals surface area contributed by atoms with Gasteiger partial charge in [-0.1, -0.05) is 25.0 Å². The van der Waals surface area contributed by atoms with Gasteiger partial charge in [-0.3, -0.25) is 4.79 Å². The van der Waals surface area contributed by atoms with Crippen molar-refractivity contribution in [3.63, 3.8) is 0 Å². The first-order valence-corrected chi connectivity index (χ1v) is 11.3. The van der Waals surface area contributed by atoms with Gasteiger partial charge in [0.05, 0.1) is 10.3 Å². The van der Waals surface area contributed by atoms with E-state index in [1.165, 1.54) is 10.7 Å². The highest BCUT2D eigenvalue weighted by Crippen LogP contribution is 2.43. The molecule has 1 aliphatic heterocycles. The van der Waals surface area contributed by atoms with E-state index in [-0.39, 0.29) is 34.7 Å². The highest BCUT2D eigenvalue weighted by molar-refractivity contribution is 7.89. The maximum Gasteiger partial charge on any atom is 0.243 e. The molecule has 1 aromatic carbocycles. The molecule has 1 amide bonds. The van der Waals surface area contributed by atoms with E-state index in [2.05, 4.69) is 10.6 Å². The van der Waals surface area contributed by atoms with Gasteiger partial charge in [0, 0.05) is 26.2 Å². The van der Waals surface area contributed by atoms with E-state index in [0.717, 1.165) is 37.9 Å². The summed E-state index contributed by atoms with van der Waals surface area (Å²) in [5.41, 5.74) is 0.644. The zero-order chi connectivity index (χ0) is 19.7. The van der Waals surface area contributed by atoms with Gasteiger partial charge in [0.1, 0.15) is 0 Å². The van der Waals surface area contributed by atoms with Gasteiger partial charge in [-0.2, -0.15) is 4.31 Å². The molecular weight excluding hydrogens is 398 g/mol. The molecule has 0 bridgehead atoms. The standard InChI is InChI=1S/C20H31N3O3S.ClH/c1-15(2)23(3)27(25,26)18-9-7-16(8-10-18)12-22-19(24)20-11-5-4-6-17(20)13-21-14-20;/h7-10,15,17,21H,4-6,11-14H2,1-3H3,(H,22,24);1H/t17-,20+;/m0./s1. The predicted octanol–water partition coefficient (Wildman–Crippen LogP) is 2.53. The molecule has 1 saturated carbocycles. The van der Waals surface area contributed by atoms with Gasteiger partial charge < -0.3 is 10.6 Å². The average Bonchev–Trinajstić information content (AvgIpc) is 3.11. The second-order valence-corrected chi connectivity index (χ2v) is 10.2. The quantitative estimate of drug-likeness (QED) is 0.728. The van der Waals surface area contributed by atoms with Gasteiger partial charge in [-0.25, -0.2) is 8.42 Å². The zero-order valence-corrected chi connectivity index (χ0v) is 18.5. The molecule has 0 radical (unpaired) electrons. The molecule has 28 heavy (non-hydrogen) atoms. The third kappa shape index (κ3) is 4.37. The summed E-state index contributed by atoms with van der Waals surface area (Å²) >= 11 is 0. The lowest BCUT2D eigenvalue weighted by Gasteiger charge is -2.37. The summed E-state index contributed by atoms with van der Waals surface area (Å²) in [4.78, 5) is 13.2. The van der Waals surface area contributed by atoms with Crippen molar-refractivity contribution in [2.45, 2.75) is 57.0 Å². The highest BCUT2D eigenvalue weighted by Gasteiger charge is 2.49. The zero-order valence-electron chi connectivity index (χ0n) is 16.9. The average molecular weight is 430 g/mol. The van der Waals surface area contributed by atoms with E-state index in [1.807, 2.05) is 13.8 Å². The molecular formula is C20H32ClN3O3S. The molecule has 2 N–H and O–H groups in total. The fourth-order valence-electron chi connectivity index (χ4n) is 4.27. The largest absolute Gasteiger partial charge is 0.351 e. The summed E-state index contributed by atoms with van der Waals surface area (Å²) in [6, 6.07) is 6.70. The van der Waals surface area contributed by atoms with Crippen LogP contribution in [0, 0.1) is 11.3 Å². The van der Waals surface area contributed by atoms with Crippen LogP contribution in [0.2, 0.25) is 0 Å². The number of amides is 1. The molecule has 1 heterocycles. The van der Waals surface area contributed by atoms with Gasteiger partial charge in [-0.15, -0.1) is 12.4 Å². The maximum atomic E-state index is 12.9. The molecule has 1 aliphatic carbocycles. The third-order valence-electron chi connectivity index (χ3n) is 6.27. The lowest BCUT2D eigenvalue weighted by atomic mass is 9.67. The molecule has 8 heteroatoms. The van der Waals surface area contributed by atoms with Crippen LogP contribution < -0.4 is 10.6 Å². The third-order valence-corrected chi connectivity index (χ3v) is 8.32. The molecule has 0 unspecified atom stereocenters. The number of rotatable bonds is 6. The number of nitrogens with zero attached hydrogens (tertiary/aromatic N) is 1. The monoisotopic (exact) mass is 429 g/mol. The lowest BCUT2D eigenvalue weighted by Crippen LogP contribution is -2.47. The van der Waals surface area contributed by atoms with Crippen molar-refractivity contribution in [2.75, 3.05) is 20.1 Å². The number of nitrogens with one attached hydrogen (secondary N) is 2. The van der Waals surface area contributed by atoms with Crippen LogP contribution in [0.25, 0.3) is 0 Å². The fourth-order valence-corrected chi connectivity index (χ4v) is 5.64. The second kappa shape index (κ2) is 9.11. The van der Waals surface area contributed by atoms with Crippen molar-refractivity contribution in [2.24, 2.45) is 11.3 Å². The first-order valence-electron chi connectivity index (χ1n) is 9.83. The minimum Gasteiger partial charge on any atom is -0.351 e. The Morgan fingerprint density at radius 2 is 1.96 bits per heavy atom. The van der Waals surface area contributed by atoms with Crippen molar-refractivity contribution >= 4 is 28.3 Å². The van der Waals surface area contributed by atoms with Gasteiger partial charge in [-0.05, 0) is 56.8 Å². The molecule has 1 aromatic rings. The number of hydrogen-bond acceptors (Lipinski definition) is 4. The lowest BCUT2D eigenvalue weighted by molar-refractivity contribution is -0.134. The topological polar surface area (TPSA) is 78.5 Å². The molecule has 3 rings (SSSR count). The van der Waals surface area contributed by atoms with Crippen LogP contribution in [0.5, 0.6) is 0 Å². The van der Waals surface area contributed by atoms with Crippen LogP contribution in [-0.2, 0) is 21.4 Å². The van der Waals surface area contributed by atoms with Crippen LogP contribution in [-0.4, -0.2) is 44.8 Å². The van der Waals surface area contributed by atoms with E-state index in [9.17, 15) is 13.2 Å². The van der Waals surface area contributed by atoms with E-state index in [1.54, 1.807) is 31.3 Å². The number of sulfonamides is 1. The SMILES string of the molecule is CC(C)N(C)S(=O)(=O)c1ccc(CNC(=O)[C@@]23CCCC[C@H]2CNC3)cc1.Cl. The van der Waals surface area contributed by atoms with Gasteiger partial charge in [0.15, 0.2) is 0 Å². The molecule has 158 valence electrons. The van der Waals surface area contributed by atoms with Crippen LogP contribution in [0.15, 0.2) is 29.2 Å².